The molecule has 61 heavy (non-hydrogen) atoms. The van der Waals surface area contributed by atoms with E-state index in [0.29, 0.717) is 18.5 Å². The average molecular weight is 887 g/mol. The van der Waals surface area contributed by atoms with E-state index in [4.69, 9.17) is 29.4 Å². The van der Waals surface area contributed by atoms with Crippen molar-refractivity contribution in [3.8, 4) is 0 Å². The van der Waals surface area contributed by atoms with E-state index in [0.717, 1.165) is 43.9 Å². The van der Waals surface area contributed by atoms with E-state index in [1.165, 1.54) is 69.5 Å². The predicted octanol–water partition coefficient (Wildman–Crippen LogP) is 8.30. The van der Waals surface area contributed by atoms with Crippen molar-refractivity contribution >= 4 is 46.5 Å². The van der Waals surface area contributed by atoms with Gasteiger partial charge < -0.3 is 36.7 Å². The lowest BCUT2D eigenvalue weighted by molar-refractivity contribution is -0.154. The minimum absolute atomic E-state index is 0.0491. The summed E-state index contributed by atoms with van der Waals surface area (Å²) in [5.41, 5.74) is 16.5. The Hall–Kier alpha value is -5.38. The normalized spacial score (nSPS) is 19.3. The molecule has 0 bridgehead atoms. The van der Waals surface area contributed by atoms with Crippen LogP contribution in [0.3, 0.4) is 0 Å². The molecule has 12 nitrogen and oxygen atoms in total. The Balaban J connectivity index is 0.000000232. The van der Waals surface area contributed by atoms with Crippen LogP contribution in [-0.4, -0.2) is 47.1 Å². The van der Waals surface area contributed by atoms with Gasteiger partial charge in [0.25, 0.3) is 11.8 Å². The van der Waals surface area contributed by atoms with E-state index < -0.39 is 58.4 Å². The molecular weight excluding hydrogens is 841 g/mol. The Morgan fingerprint density at radius 3 is 1.54 bits per heavy atom. The zero-order valence-electron chi connectivity index (χ0n) is 33.0. The number of carbonyl (C=O) groups excluding carboxylic acids is 2. The first-order valence-electron chi connectivity index (χ1n) is 19.0. The van der Waals surface area contributed by atoms with Gasteiger partial charge in [-0.2, -0.15) is 26.3 Å². The molecule has 2 fully saturated rings. The molecule has 10 N–H and O–H groups in total. The number of benzene rings is 2. The van der Waals surface area contributed by atoms with Crippen molar-refractivity contribution in [3.05, 3.63) is 106 Å². The van der Waals surface area contributed by atoms with Crippen molar-refractivity contribution in [2.75, 3.05) is 10.6 Å². The molecule has 4 atom stereocenters. The SMILES string of the molecule is Cc1cc(C(=O)NC(=NC2CCCC(N)C2)Nc2cccc(F)c2)c(C(F)(F)F)o1.Cc1cc(C(=O)NC(=S)Nc2cccc(F)c2)c(C(F)(F)F)o1.NC1CCCC(N)C1. The van der Waals surface area contributed by atoms with Crippen LogP contribution in [0.5, 0.6) is 0 Å². The summed E-state index contributed by atoms with van der Waals surface area (Å²) in [5, 5.41) is 9.45. The highest BCUT2D eigenvalue weighted by Crippen LogP contribution is 2.35. The van der Waals surface area contributed by atoms with Gasteiger partial charge in [-0.15, -0.1) is 0 Å². The topological polar surface area (TPSA) is 199 Å². The number of hydrogen-bond donors (Lipinski definition) is 7. The maximum Gasteiger partial charge on any atom is 0.450 e. The van der Waals surface area contributed by atoms with Crippen LogP contribution in [0, 0.1) is 25.5 Å². The molecular formula is C40H46F8N8O4S. The van der Waals surface area contributed by atoms with Crippen molar-refractivity contribution in [1.29, 1.82) is 0 Å². The molecule has 2 amide bonds. The van der Waals surface area contributed by atoms with Gasteiger partial charge in [-0.25, -0.2) is 13.8 Å². The molecule has 0 radical (unpaired) electrons. The molecule has 4 unspecified atom stereocenters. The van der Waals surface area contributed by atoms with Crippen LogP contribution < -0.4 is 38.5 Å². The zero-order chi connectivity index (χ0) is 45.1. The quantitative estimate of drug-likeness (QED) is 0.0443. The lowest BCUT2D eigenvalue weighted by Gasteiger charge is -2.24. The van der Waals surface area contributed by atoms with Crippen molar-refractivity contribution < 1.29 is 53.5 Å². The van der Waals surface area contributed by atoms with Gasteiger partial charge in [0.2, 0.25) is 17.5 Å². The lowest BCUT2D eigenvalue weighted by Crippen LogP contribution is -2.39. The summed E-state index contributed by atoms with van der Waals surface area (Å²) >= 11 is 4.82. The third kappa shape index (κ3) is 15.5. The van der Waals surface area contributed by atoms with Crippen molar-refractivity contribution in [1.82, 2.24) is 10.6 Å². The van der Waals surface area contributed by atoms with E-state index in [2.05, 4.69) is 35.1 Å². The third-order valence-corrected chi connectivity index (χ3v) is 9.30. The Labute approximate surface area is 351 Å². The number of alkyl halides is 6. The van der Waals surface area contributed by atoms with Crippen LogP contribution in [0.1, 0.15) is 95.1 Å². The number of guanidine groups is 1. The lowest BCUT2D eigenvalue weighted by atomic mass is 9.92. The van der Waals surface area contributed by atoms with Gasteiger partial charge in [0.05, 0.1) is 17.2 Å². The van der Waals surface area contributed by atoms with Crippen LogP contribution in [0.2, 0.25) is 0 Å². The number of amides is 2. The van der Waals surface area contributed by atoms with Crippen LogP contribution in [-0.2, 0) is 12.4 Å². The fourth-order valence-corrected chi connectivity index (χ4v) is 6.64. The van der Waals surface area contributed by atoms with Gasteiger partial charge in [0, 0.05) is 29.5 Å². The molecule has 2 aliphatic carbocycles. The van der Waals surface area contributed by atoms with E-state index >= 15 is 0 Å². The molecule has 6 rings (SSSR count). The monoisotopic (exact) mass is 886 g/mol. The number of rotatable bonds is 5. The van der Waals surface area contributed by atoms with E-state index in [-0.39, 0.29) is 46.1 Å². The van der Waals surface area contributed by atoms with Crippen molar-refractivity contribution in [3.63, 3.8) is 0 Å². The standard InChI is InChI=1S/C20H22F4N4O2.C14H10F4N2O2S.C6H14N2/c1-11-8-16(17(30-11)20(22,23)24)18(29)28-19(26-14-6-2-4-12(21)9-14)27-15-7-3-5-13(25)10-15;1-7-5-10(11(22-7)14(16,17)18)12(21)20-13(23)19-9-4-2-3-8(15)6-9;7-5-2-1-3-6(8)4-5/h2,4,6,8-9,13,15H,3,5,7,10,25H2,1H3,(H2,26,27,28,29);2-6H,1H3,(H2,19,20,21,23);5-6H,1-4,7-8H2. The second kappa shape index (κ2) is 21.4. The predicted molar refractivity (Wildman–Crippen MR) is 217 cm³/mol. The highest BCUT2D eigenvalue weighted by Gasteiger charge is 2.41. The number of hydrogen-bond acceptors (Lipinski definition) is 9. The van der Waals surface area contributed by atoms with Crippen molar-refractivity contribution in [2.24, 2.45) is 22.2 Å². The van der Waals surface area contributed by atoms with Gasteiger partial charge in [0.15, 0.2) is 5.11 Å². The molecule has 21 heteroatoms. The molecule has 2 aromatic carbocycles. The minimum atomic E-state index is -4.83. The summed E-state index contributed by atoms with van der Waals surface area (Å²) < 4.78 is 114. The first-order valence-corrected chi connectivity index (χ1v) is 19.4. The van der Waals surface area contributed by atoms with Crippen LogP contribution in [0.4, 0.5) is 46.5 Å². The number of aryl methyl sites for hydroxylation is 2. The van der Waals surface area contributed by atoms with Crippen LogP contribution >= 0.6 is 12.2 Å². The Kier molecular flexibility index (Phi) is 17.0. The van der Waals surface area contributed by atoms with E-state index in [1.54, 1.807) is 6.07 Å². The molecule has 2 aromatic heterocycles. The van der Waals surface area contributed by atoms with E-state index in [1.807, 2.05) is 0 Å². The van der Waals surface area contributed by atoms with E-state index in [9.17, 15) is 44.7 Å². The zero-order valence-corrected chi connectivity index (χ0v) is 33.8. The second-order valence-electron chi connectivity index (χ2n) is 14.4. The fourth-order valence-electron chi connectivity index (χ4n) is 6.43. The van der Waals surface area contributed by atoms with Gasteiger partial charge in [0.1, 0.15) is 23.2 Å². The maximum absolute atomic E-state index is 13.5. The average Bonchev–Trinajstić information content (AvgIpc) is 3.75. The number of nitrogens with zero attached hydrogens (tertiary/aromatic N) is 1. The number of nitrogens with two attached hydrogens (primary N) is 3. The Bertz CT molecular complexity index is 2150. The highest BCUT2D eigenvalue weighted by atomic mass is 32.1. The number of thiocarbonyl (C=S) groups is 1. The Morgan fingerprint density at radius 1 is 0.672 bits per heavy atom. The number of nitrogens with one attached hydrogen (secondary N) is 4. The van der Waals surface area contributed by atoms with Gasteiger partial charge >= 0.3 is 12.4 Å². The first-order chi connectivity index (χ1) is 28.6. The number of carbonyl (C=O) groups is 2. The molecule has 2 aliphatic rings. The van der Waals surface area contributed by atoms with Crippen LogP contribution in [0.25, 0.3) is 0 Å². The molecule has 0 spiro atoms. The summed E-state index contributed by atoms with van der Waals surface area (Å²) in [6, 6.07) is 13.1. The summed E-state index contributed by atoms with van der Waals surface area (Å²) in [6.07, 6.45) is -2.05. The molecule has 4 aromatic rings. The highest BCUT2D eigenvalue weighted by molar-refractivity contribution is 7.80. The smallest absolute Gasteiger partial charge is 0.450 e. The van der Waals surface area contributed by atoms with Gasteiger partial charge in [-0.05, 0) is 120 Å². The molecule has 332 valence electrons. The van der Waals surface area contributed by atoms with Gasteiger partial charge in [-0.3, -0.25) is 20.2 Å². The van der Waals surface area contributed by atoms with Crippen molar-refractivity contribution in [2.45, 2.75) is 102 Å². The number of furan rings is 2. The summed E-state index contributed by atoms with van der Waals surface area (Å²) in [5.74, 6) is -6.16. The van der Waals surface area contributed by atoms with Crippen LogP contribution in [0.15, 0.2) is 74.5 Å². The molecule has 2 heterocycles. The molecule has 0 aliphatic heterocycles. The number of anilines is 2. The maximum atomic E-state index is 13.5. The molecule has 2 saturated carbocycles. The first kappa shape index (κ1) is 48.3. The summed E-state index contributed by atoms with van der Waals surface area (Å²) in [4.78, 5) is 29.0. The summed E-state index contributed by atoms with van der Waals surface area (Å²) in [6.45, 7) is 2.60. The second-order valence-corrected chi connectivity index (χ2v) is 14.9. The molecule has 0 saturated heterocycles. The fraction of sp³-hybridized carbons (Fsp3) is 0.400. The minimum Gasteiger partial charge on any atom is -0.456 e. The Morgan fingerprint density at radius 2 is 1.11 bits per heavy atom. The summed E-state index contributed by atoms with van der Waals surface area (Å²) in [7, 11) is 0. The van der Waals surface area contributed by atoms with Gasteiger partial charge in [-0.1, -0.05) is 18.6 Å². The number of halogens is 8. The third-order valence-electron chi connectivity index (χ3n) is 9.10. The number of aliphatic imine (C=N–C) groups is 1. The largest absolute Gasteiger partial charge is 0.456 e.